The van der Waals surface area contributed by atoms with Gasteiger partial charge < -0.3 is 10.5 Å². The summed E-state index contributed by atoms with van der Waals surface area (Å²) in [5, 5.41) is 0. The van der Waals surface area contributed by atoms with Gasteiger partial charge in [-0.1, -0.05) is 28.8 Å². The van der Waals surface area contributed by atoms with Crippen LogP contribution in [0.5, 0.6) is 5.75 Å². The Kier molecular flexibility index (Phi) is 4.02. The molecule has 0 amide bonds. The van der Waals surface area contributed by atoms with Crippen LogP contribution in [0.4, 0.5) is 0 Å². The first-order valence-corrected chi connectivity index (χ1v) is 8.97. The zero-order chi connectivity index (χ0) is 13.6. The van der Waals surface area contributed by atoms with Crippen molar-refractivity contribution in [2.75, 3.05) is 0 Å². The summed E-state index contributed by atoms with van der Waals surface area (Å²) in [7, 11) is 0. The lowest BCUT2D eigenvalue weighted by molar-refractivity contribution is -0.0627. The predicted molar refractivity (Wildman–Crippen MR) is 87.5 cm³/mol. The number of hydrogen-bond donors (Lipinski definition) is 1. The van der Waals surface area contributed by atoms with Gasteiger partial charge in [0.25, 0.3) is 0 Å². The standard InChI is InChI=1S/C14H16Br3NO/c15-8-5-9(16)13(10(17)6-8)19-12-7-11(18)14(12)3-1-2-4-14/h5-6,11-12H,1-4,7,18H2. The van der Waals surface area contributed by atoms with Crippen LogP contribution in [0.2, 0.25) is 0 Å². The van der Waals surface area contributed by atoms with Gasteiger partial charge in [0.1, 0.15) is 11.9 Å². The van der Waals surface area contributed by atoms with Crippen LogP contribution in [0.3, 0.4) is 0 Å². The number of halogens is 3. The van der Waals surface area contributed by atoms with E-state index in [4.69, 9.17) is 10.5 Å². The van der Waals surface area contributed by atoms with Gasteiger partial charge in [-0.3, -0.25) is 0 Å². The van der Waals surface area contributed by atoms with Crippen LogP contribution < -0.4 is 10.5 Å². The second kappa shape index (κ2) is 5.32. The maximum absolute atomic E-state index is 6.28. The third-order valence-corrected chi connectivity index (χ3v) is 6.24. The Morgan fingerprint density at radius 2 is 1.68 bits per heavy atom. The van der Waals surface area contributed by atoms with Gasteiger partial charge in [0.05, 0.1) is 8.95 Å². The highest BCUT2D eigenvalue weighted by atomic mass is 79.9. The molecule has 1 spiro atoms. The van der Waals surface area contributed by atoms with Crippen molar-refractivity contribution in [3.8, 4) is 5.75 Å². The average molecular weight is 454 g/mol. The molecule has 2 aliphatic rings. The summed E-state index contributed by atoms with van der Waals surface area (Å²) < 4.78 is 9.26. The van der Waals surface area contributed by atoms with E-state index in [0.29, 0.717) is 6.04 Å². The van der Waals surface area contributed by atoms with Gasteiger partial charge in [0.15, 0.2) is 0 Å². The summed E-state index contributed by atoms with van der Waals surface area (Å²) in [6.45, 7) is 0. The Labute approximate surface area is 138 Å². The van der Waals surface area contributed by atoms with Gasteiger partial charge >= 0.3 is 0 Å². The molecule has 5 heteroatoms. The first-order chi connectivity index (χ1) is 9.03. The van der Waals surface area contributed by atoms with Gasteiger partial charge in [-0.25, -0.2) is 0 Å². The zero-order valence-corrected chi connectivity index (χ0v) is 15.2. The van der Waals surface area contributed by atoms with Crippen molar-refractivity contribution in [2.45, 2.75) is 44.2 Å². The van der Waals surface area contributed by atoms with Crippen LogP contribution in [0.15, 0.2) is 25.6 Å². The normalized spacial score (nSPS) is 28.4. The number of rotatable bonds is 2. The molecule has 0 aliphatic heterocycles. The molecule has 2 unspecified atom stereocenters. The van der Waals surface area contributed by atoms with Gasteiger partial charge in [0.2, 0.25) is 0 Å². The third-order valence-electron chi connectivity index (χ3n) is 4.61. The summed E-state index contributed by atoms with van der Waals surface area (Å²) in [6, 6.07) is 4.34. The fourth-order valence-electron chi connectivity index (χ4n) is 3.45. The van der Waals surface area contributed by atoms with Crippen molar-refractivity contribution in [1.82, 2.24) is 0 Å². The Hall–Kier alpha value is 0.420. The molecular formula is C14H16Br3NO. The molecule has 0 bridgehead atoms. The van der Waals surface area contributed by atoms with E-state index >= 15 is 0 Å². The van der Waals surface area contributed by atoms with Gasteiger partial charge in [-0.2, -0.15) is 0 Å². The molecule has 0 saturated heterocycles. The van der Waals surface area contributed by atoms with E-state index in [1.807, 2.05) is 12.1 Å². The molecule has 1 aromatic rings. The van der Waals surface area contributed by atoms with Gasteiger partial charge in [-0.05, 0) is 56.8 Å². The van der Waals surface area contributed by atoms with E-state index in [-0.39, 0.29) is 11.5 Å². The minimum Gasteiger partial charge on any atom is -0.487 e. The number of nitrogens with two attached hydrogens (primary N) is 1. The highest BCUT2D eigenvalue weighted by molar-refractivity contribution is 9.11. The molecule has 104 valence electrons. The molecular weight excluding hydrogens is 438 g/mol. The van der Waals surface area contributed by atoms with Crippen LogP contribution in [0, 0.1) is 5.41 Å². The molecule has 2 nitrogen and oxygen atoms in total. The Balaban J connectivity index is 1.83. The topological polar surface area (TPSA) is 35.2 Å². The maximum Gasteiger partial charge on any atom is 0.148 e. The Morgan fingerprint density at radius 3 is 2.21 bits per heavy atom. The van der Waals surface area contributed by atoms with Crippen molar-refractivity contribution in [3.05, 3.63) is 25.6 Å². The SMILES string of the molecule is NC1CC(Oc2c(Br)cc(Br)cc2Br)C12CCCC2. The van der Waals surface area contributed by atoms with Crippen molar-refractivity contribution in [2.24, 2.45) is 11.1 Å². The quantitative estimate of drug-likeness (QED) is 0.682. The number of hydrogen-bond acceptors (Lipinski definition) is 2. The second-order valence-corrected chi connectivity index (χ2v) is 8.21. The average Bonchev–Trinajstić information content (AvgIpc) is 2.84. The summed E-state index contributed by atoms with van der Waals surface area (Å²) in [5.41, 5.74) is 6.48. The van der Waals surface area contributed by atoms with E-state index in [1.165, 1.54) is 25.7 Å². The first kappa shape index (κ1) is 14.4. The van der Waals surface area contributed by atoms with Crippen LogP contribution in [0.1, 0.15) is 32.1 Å². The van der Waals surface area contributed by atoms with E-state index in [1.54, 1.807) is 0 Å². The van der Waals surface area contributed by atoms with Crippen molar-refractivity contribution >= 4 is 47.8 Å². The zero-order valence-electron chi connectivity index (χ0n) is 10.5. The van der Waals surface area contributed by atoms with E-state index in [9.17, 15) is 0 Å². The molecule has 1 aromatic carbocycles. The van der Waals surface area contributed by atoms with E-state index in [0.717, 1.165) is 25.6 Å². The molecule has 2 fully saturated rings. The molecule has 0 heterocycles. The fourth-order valence-corrected chi connectivity index (χ4v) is 5.90. The largest absolute Gasteiger partial charge is 0.487 e. The molecule has 2 atom stereocenters. The van der Waals surface area contributed by atoms with Crippen molar-refractivity contribution in [1.29, 1.82) is 0 Å². The van der Waals surface area contributed by atoms with Gasteiger partial charge in [0, 0.05) is 22.4 Å². The van der Waals surface area contributed by atoms with E-state index in [2.05, 4.69) is 47.8 Å². The first-order valence-electron chi connectivity index (χ1n) is 6.60. The Bertz CT molecular complexity index is 476. The van der Waals surface area contributed by atoms with Crippen molar-refractivity contribution < 1.29 is 4.74 Å². The smallest absolute Gasteiger partial charge is 0.148 e. The second-order valence-electron chi connectivity index (χ2n) is 5.59. The molecule has 3 rings (SSSR count). The lowest BCUT2D eigenvalue weighted by atomic mass is 9.61. The molecule has 2 saturated carbocycles. The molecule has 19 heavy (non-hydrogen) atoms. The van der Waals surface area contributed by atoms with E-state index < -0.39 is 0 Å². The predicted octanol–water partition coefficient (Wildman–Crippen LogP) is 5.01. The Morgan fingerprint density at radius 1 is 1.11 bits per heavy atom. The highest BCUT2D eigenvalue weighted by Crippen LogP contribution is 2.54. The minimum absolute atomic E-state index is 0.228. The highest BCUT2D eigenvalue weighted by Gasteiger charge is 2.56. The van der Waals surface area contributed by atoms with Gasteiger partial charge in [-0.15, -0.1) is 0 Å². The molecule has 0 aromatic heterocycles. The maximum atomic E-state index is 6.28. The summed E-state index contributed by atoms with van der Waals surface area (Å²) in [6.07, 6.45) is 6.23. The van der Waals surface area contributed by atoms with Crippen LogP contribution in [0.25, 0.3) is 0 Å². The van der Waals surface area contributed by atoms with Crippen LogP contribution >= 0.6 is 47.8 Å². The number of ether oxygens (including phenoxy) is 1. The molecule has 2 N–H and O–H groups in total. The number of benzene rings is 1. The lowest BCUT2D eigenvalue weighted by Crippen LogP contribution is -2.62. The lowest BCUT2D eigenvalue weighted by Gasteiger charge is -2.52. The van der Waals surface area contributed by atoms with Crippen LogP contribution in [-0.2, 0) is 0 Å². The summed E-state index contributed by atoms with van der Waals surface area (Å²) >= 11 is 10.6. The fraction of sp³-hybridized carbons (Fsp3) is 0.571. The minimum atomic E-state index is 0.228. The monoisotopic (exact) mass is 451 g/mol. The van der Waals surface area contributed by atoms with Crippen LogP contribution in [-0.4, -0.2) is 12.1 Å². The summed E-state index contributed by atoms with van der Waals surface area (Å²) in [5.74, 6) is 0.895. The summed E-state index contributed by atoms with van der Waals surface area (Å²) in [4.78, 5) is 0. The third kappa shape index (κ3) is 2.41. The molecule has 2 aliphatic carbocycles. The molecule has 0 radical (unpaired) electrons. The van der Waals surface area contributed by atoms with Crippen molar-refractivity contribution in [3.63, 3.8) is 0 Å².